The predicted octanol–water partition coefficient (Wildman–Crippen LogP) is 1.60. The van der Waals surface area contributed by atoms with Gasteiger partial charge in [0.25, 0.3) is 0 Å². The van der Waals surface area contributed by atoms with E-state index in [0.717, 1.165) is 0 Å². The highest BCUT2D eigenvalue weighted by molar-refractivity contribution is 7.89. The van der Waals surface area contributed by atoms with E-state index in [9.17, 15) is 22.4 Å². The lowest BCUT2D eigenvalue weighted by atomic mass is 10.2. The zero-order valence-corrected chi connectivity index (χ0v) is 15.4. The third-order valence-electron chi connectivity index (χ3n) is 3.53. The molecule has 7 nitrogen and oxygen atoms in total. The molecule has 0 fully saturated rings. The lowest BCUT2D eigenvalue weighted by Gasteiger charge is -2.09. The fraction of sp³-hybridized carbons (Fsp3) is 0.222. The number of esters is 1. The Morgan fingerprint density at radius 2 is 1.74 bits per heavy atom. The summed E-state index contributed by atoms with van der Waals surface area (Å²) in [5.41, 5.74) is 0.515. The molecule has 2 aromatic carbocycles. The summed E-state index contributed by atoms with van der Waals surface area (Å²) in [5, 5.41) is 2.43. The largest absolute Gasteiger partial charge is 0.462 e. The minimum absolute atomic E-state index is 0.0541. The van der Waals surface area contributed by atoms with Gasteiger partial charge in [0, 0.05) is 12.1 Å². The Bertz CT molecular complexity index is 914. The van der Waals surface area contributed by atoms with E-state index in [1.165, 1.54) is 42.5 Å². The number of carbonyl (C=O) groups excluding carboxylic acids is 2. The molecule has 2 aromatic rings. The highest BCUT2D eigenvalue weighted by Crippen LogP contribution is 2.11. The van der Waals surface area contributed by atoms with Gasteiger partial charge in [0.15, 0.2) is 0 Å². The van der Waals surface area contributed by atoms with Gasteiger partial charge in [-0.1, -0.05) is 18.2 Å². The zero-order chi connectivity index (χ0) is 19.9. The first-order chi connectivity index (χ1) is 12.8. The van der Waals surface area contributed by atoms with Crippen LogP contribution in [0.25, 0.3) is 0 Å². The maximum Gasteiger partial charge on any atom is 0.338 e. The molecule has 0 saturated carbocycles. The van der Waals surface area contributed by atoms with Crippen molar-refractivity contribution in [1.82, 2.24) is 10.0 Å². The van der Waals surface area contributed by atoms with Crippen LogP contribution in [0.2, 0.25) is 0 Å². The molecule has 0 aliphatic rings. The first kappa shape index (κ1) is 20.5. The van der Waals surface area contributed by atoms with Gasteiger partial charge < -0.3 is 10.1 Å². The Balaban J connectivity index is 1.91. The summed E-state index contributed by atoms with van der Waals surface area (Å²) in [4.78, 5) is 23.3. The summed E-state index contributed by atoms with van der Waals surface area (Å²) < 4.78 is 44.9. The number of nitrogens with one attached hydrogen (secondary N) is 2. The van der Waals surface area contributed by atoms with Crippen LogP contribution >= 0.6 is 0 Å². The standard InChI is InChI=1S/C18H19FN2O5S/c1-2-26-18(23)13-7-9-15(10-8-13)27(24,25)21-12-17(22)20-11-14-5-3-4-6-16(14)19/h3-10,21H,2,11-12H2,1H3,(H,20,22). The van der Waals surface area contributed by atoms with Crippen molar-refractivity contribution in [3.8, 4) is 0 Å². The molecule has 0 bridgehead atoms. The van der Waals surface area contributed by atoms with Crippen molar-refractivity contribution in [3.05, 3.63) is 65.5 Å². The average Bonchev–Trinajstić information content (AvgIpc) is 2.66. The minimum atomic E-state index is -3.94. The van der Waals surface area contributed by atoms with Crippen molar-refractivity contribution in [2.24, 2.45) is 0 Å². The molecule has 0 radical (unpaired) electrons. The van der Waals surface area contributed by atoms with Crippen LogP contribution in [-0.4, -0.2) is 33.4 Å². The van der Waals surface area contributed by atoms with Crippen LogP contribution in [-0.2, 0) is 26.1 Å². The lowest BCUT2D eigenvalue weighted by molar-refractivity contribution is -0.120. The van der Waals surface area contributed by atoms with E-state index in [1.54, 1.807) is 13.0 Å². The molecule has 0 heterocycles. The van der Waals surface area contributed by atoms with Crippen LogP contribution in [0.1, 0.15) is 22.8 Å². The van der Waals surface area contributed by atoms with E-state index in [1.807, 2.05) is 0 Å². The topological polar surface area (TPSA) is 102 Å². The fourth-order valence-electron chi connectivity index (χ4n) is 2.13. The van der Waals surface area contributed by atoms with Crippen molar-refractivity contribution in [1.29, 1.82) is 0 Å². The molecule has 1 amide bonds. The van der Waals surface area contributed by atoms with E-state index >= 15 is 0 Å². The number of benzene rings is 2. The SMILES string of the molecule is CCOC(=O)c1ccc(S(=O)(=O)NCC(=O)NCc2ccccc2F)cc1. The molecule has 2 rings (SSSR count). The van der Waals surface area contributed by atoms with Crippen LogP contribution in [0, 0.1) is 5.82 Å². The van der Waals surface area contributed by atoms with Crippen LogP contribution in [0.4, 0.5) is 4.39 Å². The van der Waals surface area contributed by atoms with E-state index in [0.29, 0.717) is 5.56 Å². The number of halogens is 1. The molecule has 2 N–H and O–H groups in total. The Hall–Kier alpha value is -2.78. The summed E-state index contributed by atoms with van der Waals surface area (Å²) in [6, 6.07) is 11.1. The summed E-state index contributed by atoms with van der Waals surface area (Å²) in [7, 11) is -3.94. The first-order valence-corrected chi connectivity index (χ1v) is 9.58. The van der Waals surface area contributed by atoms with Gasteiger partial charge in [0.1, 0.15) is 5.82 Å². The molecule has 0 aliphatic heterocycles. The Kier molecular flexibility index (Phi) is 7.03. The number of rotatable bonds is 8. The smallest absolute Gasteiger partial charge is 0.338 e. The Morgan fingerprint density at radius 3 is 2.37 bits per heavy atom. The molecule has 9 heteroatoms. The van der Waals surface area contributed by atoms with Crippen LogP contribution in [0.15, 0.2) is 53.4 Å². The van der Waals surface area contributed by atoms with Gasteiger partial charge >= 0.3 is 5.97 Å². The predicted molar refractivity (Wildman–Crippen MR) is 95.8 cm³/mol. The highest BCUT2D eigenvalue weighted by atomic mass is 32.2. The molecule has 0 saturated heterocycles. The van der Waals surface area contributed by atoms with Gasteiger partial charge in [-0.05, 0) is 37.3 Å². The zero-order valence-electron chi connectivity index (χ0n) is 14.6. The average molecular weight is 394 g/mol. The number of amides is 1. The van der Waals surface area contributed by atoms with Crippen molar-refractivity contribution in [3.63, 3.8) is 0 Å². The van der Waals surface area contributed by atoms with E-state index in [2.05, 4.69) is 10.0 Å². The number of sulfonamides is 1. The monoisotopic (exact) mass is 394 g/mol. The molecular formula is C18H19FN2O5S. The normalized spacial score (nSPS) is 11.0. The van der Waals surface area contributed by atoms with Gasteiger partial charge in [-0.2, -0.15) is 0 Å². The van der Waals surface area contributed by atoms with Crippen molar-refractivity contribution < 1.29 is 27.1 Å². The van der Waals surface area contributed by atoms with Crippen molar-refractivity contribution in [2.75, 3.05) is 13.2 Å². The van der Waals surface area contributed by atoms with Gasteiger partial charge in [-0.25, -0.2) is 22.3 Å². The Labute approximate surface area is 156 Å². The second-order valence-corrected chi connectivity index (χ2v) is 7.20. The molecular weight excluding hydrogens is 375 g/mol. The van der Waals surface area contributed by atoms with E-state index in [4.69, 9.17) is 4.74 Å². The Morgan fingerprint density at radius 1 is 1.07 bits per heavy atom. The molecule has 0 unspecified atom stereocenters. The van der Waals surface area contributed by atoms with E-state index < -0.39 is 34.3 Å². The molecule has 0 aromatic heterocycles. The van der Waals surface area contributed by atoms with Crippen LogP contribution in [0.3, 0.4) is 0 Å². The van der Waals surface area contributed by atoms with Gasteiger partial charge in [-0.15, -0.1) is 0 Å². The molecule has 0 spiro atoms. The first-order valence-electron chi connectivity index (χ1n) is 8.10. The minimum Gasteiger partial charge on any atom is -0.462 e. The third-order valence-corrected chi connectivity index (χ3v) is 4.95. The van der Waals surface area contributed by atoms with Crippen molar-refractivity contribution >= 4 is 21.9 Å². The molecule has 27 heavy (non-hydrogen) atoms. The van der Waals surface area contributed by atoms with Gasteiger partial charge in [0.2, 0.25) is 15.9 Å². The highest BCUT2D eigenvalue weighted by Gasteiger charge is 2.16. The van der Waals surface area contributed by atoms with E-state index in [-0.39, 0.29) is 23.6 Å². The van der Waals surface area contributed by atoms with Gasteiger partial charge in [-0.3, -0.25) is 4.79 Å². The second-order valence-electron chi connectivity index (χ2n) is 5.44. The van der Waals surface area contributed by atoms with Crippen LogP contribution in [0.5, 0.6) is 0 Å². The molecule has 0 atom stereocenters. The number of carbonyl (C=O) groups is 2. The maximum atomic E-state index is 13.5. The second kappa shape index (κ2) is 9.24. The van der Waals surface area contributed by atoms with Crippen LogP contribution < -0.4 is 10.0 Å². The molecule has 144 valence electrons. The summed E-state index contributed by atoms with van der Waals surface area (Å²) in [5.74, 6) is -1.62. The number of hydrogen-bond donors (Lipinski definition) is 2. The van der Waals surface area contributed by atoms with Gasteiger partial charge in [0.05, 0.1) is 23.6 Å². The summed E-state index contributed by atoms with van der Waals surface area (Å²) >= 11 is 0. The maximum absolute atomic E-state index is 13.5. The summed E-state index contributed by atoms with van der Waals surface area (Å²) in [6.07, 6.45) is 0. The quantitative estimate of drug-likeness (QED) is 0.662. The third kappa shape index (κ3) is 5.87. The fourth-order valence-corrected chi connectivity index (χ4v) is 3.11. The van der Waals surface area contributed by atoms with Crippen molar-refractivity contribution in [2.45, 2.75) is 18.4 Å². The molecule has 0 aliphatic carbocycles. The number of ether oxygens (including phenoxy) is 1. The lowest BCUT2D eigenvalue weighted by Crippen LogP contribution is -2.36. The summed E-state index contributed by atoms with van der Waals surface area (Å²) in [6.45, 7) is 1.32. The number of hydrogen-bond acceptors (Lipinski definition) is 5.